The molecule has 4 heteroatoms. The van der Waals surface area contributed by atoms with Crippen molar-refractivity contribution < 1.29 is 10.2 Å². The zero-order chi connectivity index (χ0) is 9.97. The molecule has 14 heavy (non-hydrogen) atoms. The number of aromatic nitrogens is 1. The molecule has 0 aliphatic heterocycles. The number of aliphatic hydroxyl groups is 1. The first-order chi connectivity index (χ1) is 6.79. The molecular formula is C10H9NO2S. The summed E-state index contributed by atoms with van der Waals surface area (Å²) in [6, 6.07) is 6.91. The van der Waals surface area contributed by atoms with Gasteiger partial charge in [-0.15, -0.1) is 11.3 Å². The molecule has 0 fully saturated rings. The minimum absolute atomic E-state index is 0.0463. The van der Waals surface area contributed by atoms with Crippen LogP contribution in [-0.2, 0) is 6.61 Å². The Labute approximate surface area is 85.3 Å². The summed E-state index contributed by atoms with van der Waals surface area (Å²) in [6.07, 6.45) is 0. The van der Waals surface area contributed by atoms with E-state index in [1.807, 2.05) is 6.07 Å². The number of thiazole rings is 1. The van der Waals surface area contributed by atoms with Crippen molar-refractivity contribution >= 4 is 11.3 Å². The summed E-state index contributed by atoms with van der Waals surface area (Å²) in [4.78, 5) is 4.20. The Kier molecular flexibility index (Phi) is 2.47. The zero-order valence-electron chi connectivity index (χ0n) is 7.34. The van der Waals surface area contributed by atoms with E-state index < -0.39 is 0 Å². The van der Waals surface area contributed by atoms with Gasteiger partial charge in [-0.05, 0) is 12.1 Å². The second-order valence-corrected chi connectivity index (χ2v) is 3.71. The number of phenols is 1. The van der Waals surface area contributed by atoms with Crippen molar-refractivity contribution in [2.45, 2.75) is 6.61 Å². The number of rotatable bonds is 2. The summed E-state index contributed by atoms with van der Waals surface area (Å²) in [5.74, 6) is 0.225. The van der Waals surface area contributed by atoms with Crippen molar-refractivity contribution in [3.05, 3.63) is 35.3 Å². The second kappa shape index (κ2) is 3.77. The lowest BCUT2D eigenvalue weighted by molar-refractivity contribution is 0.278. The second-order valence-electron chi connectivity index (χ2n) is 2.85. The Hall–Kier alpha value is -1.39. The molecule has 1 aromatic heterocycles. The fourth-order valence-corrected chi connectivity index (χ4v) is 1.96. The molecule has 1 aromatic carbocycles. The Bertz CT molecular complexity index is 439. The van der Waals surface area contributed by atoms with Gasteiger partial charge in [0.2, 0.25) is 0 Å². The predicted molar refractivity (Wildman–Crippen MR) is 55.1 cm³/mol. The van der Waals surface area contributed by atoms with E-state index in [9.17, 15) is 5.11 Å². The van der Waals surface area contributed by atoms with Crippen molar-refractivity contribution in [1.82, 2.24) is 4.98 Å². The first-order valence-corrected chi connectivity index (χ1v) is 5.02. The molecule has 0 aliphatic rings. The van der Waals surface area contributed by atoms with Crippen molar-refractivity contribution in [2.24, 2.45) is 0 Å². The number of aliphatic hydroxyl groups excluding tert-OH is 1. The Balaban J connectivity index is 2.39. The minimum atomic E-state index is -0.0463. The average Bonchev–Trinajstić information content (AvgIpc) is 2.66. The van der Waals surface area contributed by atoms with E-state index in [0.717, 1.165) is 10.6 Å². The predicted octanol–water partition coefficient (Wildman–Crippen LogP) is 2.01. The van der Waals surface area contributed by atoms with E-state index in [0.29, 0.717) is 5.69 Å². The van der Waals surface area contributed by atoms with Crippen LogP contribution in [0.4, 0.5) is 0 Å². The lowest BCUT2D eigenvalue weighted by Gasteiger charge is -1.96. The third kappa shape index (κ3) is 1.76. The smallest absolute Gasteiger partial charge is 0.123 e. The topological polar surface area (TPSA) is 53.4 Å². The lowest BCUT2D eigenvalue weighted by atomic mass is 10.2. The first kappa shape index (κ1) is 9.18. The van der Waals surface area contributed by atoms with Gasteiger partial charge in [-0.25, -0.2) is 4.98 Å². The molecule has 0 atom stereocenters. The molecule has 0 bridgehead atoms. The highest BCUT2D eigenvalue weighted by Crippen LogP contribution is 2.26. The Morgan fingerprint density at radius 2 is 2.21 bits per heavy atom. The van der Waals surface area contributed by atoms with Gasteiger partial charge in [-0.1, -0.05) is 12.1 Å². The molecule has 2 aromatic rings. The highest BCUT2D eigenvalue weighted by atomic mass is 32.1. The van der Waals surface area contributed by atoms with Crippen molar-refractivity contribution in [2.75, 3.05) is 0 Å². The van der Waals surface area contributed by atoms with E-state index in [1.165, 1.54) is 11.3 Å². The quantitative estimate of drug-likeness (QED) is 0.792. The number of hydrogen-bond donors (Lipinski definition) is 2. The van der Waals surface area contributed by atoms with Crippen LogP contribution in [0.5, 0.6) is 5.75 Å². The zero-order valence-corrected chi connectivity index (χ0v) is 8.16. The van der Waals surface area contributed by atoms with Crippen LogP contribution in [0.3, 0.4) is 0 Å². The maximum atomic E-state index is 9.27. The van der Waals surface area contributed by atoms with Crippen LogP contribution >= 0.6 is 11.3 Å². The number of aromatic hydroxyl groups is 1. The average molecular weight is 207 g/mol. The standard InChI is InChI=1S/C10H9NO2S/c12-5-8-6-14-10(11-8)7-2-1-3-9(13)4-7/h1-4,6,12-13H,5H2. The van der Waals surface area contributed by atoms with Gasteiger partial charge in [0, 0.05) is 10.9 Å². The molecule has 1 heterocycles. The molecule has 0 aliphatic carbocycles. The van der Waals surface area contributed by atoms with E-state index in [2.05, 4.69) is 4.98 Å². The molecule has 0 saturated carbocycles. The van der Waals surface area contributed by atoms with Crippen LogP contribution in [0.15, 0.2) is 29.6 Å². The molecule has 72 valence electrons. The van der Waals surface area contributed by atoms with E-state index in [-0.39, 0.29) is 12.4 Å². The van der Waals surface area contributed by atoms with E-state index in [1.54, 1.807) is 23.6 Å². The van der Waals surface area contributed by atoms with Crippen molar-refractivity contribution in [3.63, 3.8) is 0 Å². The highest BCUT2D eigenvalue weighted by Gasteiger charge is 2.03. The summed E-state index contributed by atoms with van der Waals surface area (Å²) in [5, 5.41) is 20.7. The number of hydrogen-bond acceptors (Lipinski definition) is 4. The summed E-state index contributed by atoms with van der Waals surface area (Å²) < 4.78 is 0. The van der Waals surface area contributed by atoms with E-state index >= 15 is 0 Å². The van der Waals surface area contributed by atoms with Crippen LogP contribution < -0.4 is 0 Å². The van der Waals surface area contributed by atoms with Gasteiger partial charge in [-0.3, -0.25) is 0 Å². The van der Waals surface area contributed by atoms with Gasteiger partial charge in [-0.2, -0.15) is 0 Å². The molecule has 2 N–H and O–H groups in total. The normalized spacial score (nSPS) is 10.4. The molecule has 0 amide bonds. The maximum Gasteiger partial charge on any atom is 0.123 e. The van der Waals surface area contributed by atoms with Crippen LogP contribution in [0.25, 0.3) is 10.6 Å². The summed E-state index contributed by atoms with van der Waals surface area (Å²) in [5.41, 5.74) is 1.53. The summed E-state index contributed by atoms with van der Waals surface area (Å²) >= 11 is 1.45. The van der Waals surface area contributed by atoms with Gasteiger partial charge < -0.3 is 10.2 Å². The van der Waals surface area contributed by atoms with Gasteiger partial charge in [0.15, 0.2) is 0 Å². The van der Waals surface area contributed by atoms with Crippen LogP contribution in [0, 0.1) is 0 Å². The van der Waals surface area contributed by atoms with Gasteiger partial charge in [0.1, 0.15) is 10.8 Å². The minimum Gasteiger partial charge on any atom is -0.508 e. The van der Waals surface area contributed by atoms with E-state index in [4.69, 9.17) is 5.11 Å². The number of phenolic OH excluding ortho intramolecular Hbond substituents is 1. The van der Waals surface area contributed by atoms with Crippen LogP contribution in [0.1, 0.15) is 5.69 Å². The molecule has 0 saturated heterocycles. The summed E-state index contributed by atoms with van der Waals surface area (Å²) in [6.45, 7) is -0.0463. The van der Waals surface area contributed by atoms with Gasteiger partial charge in [0.25, 0.3) is 0 Å². The Morgan fingerprint density at radius 1 is 1.36 bits per heavy atom. The highest BCUT2D eigenvalue weighted by molar-refractivity contribution is 7.13. The SMILES string of the molecule is OCc1csc(-c2cccc(O)c2)n1. The molecular weight excluding hydrogens is 198 g/mol. The molecule has 0 radical (unpaired) electrons. The third-order valence-corrected chi connectivity index (χ3v) is 2.75. The van der Waals surface area contributed by atoms with Crippen LogP contribution in [0.2, 0.25) is 0 Å². The van der Waals surface area contributed by atoms with Gasteiger partial charge in [0.05, 0.1) is 12.3 Å². The fourth-order valence-electron chi connectivity index (χ4n) is 1.15. The van der Waals surface area contributed by atoms with Crippen LogP contribution in [-0.4, -0.2) is 15.2 Å². The number of nitrogens with zero attached hydrogens (tertiary/aromatic N) is 1. The fraction of sp³-hybridized carbons (Fsp3) is 0.100. The number of benzene rings is 1. The largest absolute Gasteiger partial charge is 0.508 e. The van der Waals surface area contributed by atoms with Crippen molar-refractivity contribution in [1.29, 1.82) is 0 Å². The maximum absolute atomic E-state index is 9.27. The Morgan fingerprint density at radius 3 is 2.86 bits per heavy atom. The molecule has 0 spiro atoms. The molecule has 2 rings (SSSR count). The van der Waals surface area contributed by atoms with Crippen molar-refractivity contribution in [3.8, 4) is 16.3 Å². The molecule has 0 unspecified atom stereocenters. The lowest BCUT2D eigenvalue weighted by Crippen LogP contribution is -1.82. The third-order valence-electron chi connectivity index (χ3n) is 1.81. The summed E-state index contributed by atoms with van der Waals surface area (Å²) in [7, 11) is 0. The molecule has 3 nitrogen and oxygen atoms in total. The van der Waals surface area contributed by atoms with Gasteiger partial charge >= 0.3 is 0 Å². The monoisotopic (exact) mass is 207 g/mol. The first-order valence-electron chi connectivity index (χ1n) is 4.14.